The van der Waals surface area contributed by atoms with Gasteiger partial charge in [0.05, 0.1) is 0 Å². The van der Waals surface area contributed by atoms with Gasteiger partial charge < -0.3 is 16.0 Å². The van der Waals surface area contributed by atoms with Crippen molar-refractivity contribution in [2.24, 2.45) is 11.7 Å². The number of likely N-dealkylation sites (N-methyl/N-ethyl adjacent to an activating group) is 1. The molecule has 3 unspecified atom stereocenters. The van der Waals surface area contributed by atoms with E-state index < -0.39 is 0 Å². The molecule has 1 saturated heterocycles. The predicted octanol–water partition coefficient (Wildman–Crippen LogP) is 0.112. The Kier molecular flexibility index (Phi) is 6.75. The molecule has 1 heterocycles. The summed E-state index contributed by atoms with van der Waals surface area (Å²) in [5.74, 6) is 0.751. The molecule has 0 aliphatic carbocycles. The molecule has 5 heteroatoms. The zero-order valence-electron chi connectivity index (χ0n) is 12.9. The van der Waals surface area contributed by atoms with E-state index in [4.69, 9.17) is 5.73 Å². The minimum Gasteiger partial charge on any atom is -0.356 e. The lowest BCUT2D eigenvalue weighted by atomic mass is 10.1. The SMILES string of the molecule is CCCNC(=O)CC(CN)N1CC(C)C(N(C)C)C1. The normalized spacial score (nSPS) is 25.8. The second-order valence-electron chi connectivity index (χ2n) is 5.91. The summed E-state index contributed by atoms with van der Waals surface area (Å²) in [6.07, 6.45) is 1.49. The molecule has 0 bridgehead atoms. The molecule has 0 aromatic heterocycles. The van der Waals surface area contributed by atoms with Crippen molar-refractivity contribution in [1.29, 1.82) is 0 Å². The van der Waals surface area contributed by atoms with Crippen LogP contribution in [0, 0.1) is 5.92 Å². The van der Waals surface area contributed by atoms with Crippen LogP contribution >= 0.6 is 0 Å². The number of rotatable bonds is 7. The summed E-state index contributed by atoms with van der Waals surface area (Å²) in [4.78, 5) is 16.5. The van der Waals surface area contributed by atoms with Crippen molar-refractivity contribution in [1.82, 2.24) is 15.1 Å². The fourth-order valence-electron chi connectivity index (χ4n) is 2.87. The van der Waals surface area contributed by atoms with Crippen LogP contribution in [0.5, 0.6) is 0 Å². The summed E-state index contributed by atoms with van der Waals surface area (Å²) in [7, 11) is 4.24. The zero-order valence-corrected chi connectivity index (χ0v) is 12.9. The van der Waals surface area contributed by atoms with E-state index in [1.54, 1.807) is 0 Å². The molecule has 5 nitrogen and oxygen atoms in total. The highest BCUT2D eigenvalue weighted by Gasteiger charge is 2.34. The van der Waals surface area contributed by atoms with Crippen LogP contribution in [0.4, 0.5) is 0 Å². The summed E-state index contributed by atoms with van der Waals surface area (Å²) >= 11 is 0. The fraction of sp³-hybridized carbons (Fsp3) is 0.929. The molecule has 1 aliphatic heterocycles. The Morgan fingerprint density at radius 2 is 2.16 bits per heavy atom. The Morgan fingerprint density at radius 3 is 2.63 bits per heavy atom. The van der Waals surface area contributed by atoms with Gasteiger partial charge in [-0.1, -0.05) is 13.8 Å². The van der Waals surface area contributed by atoms with Crippen molar-refractivity contribution >= 4 is 5.91 Å². The molecular formula is C14H30N4O. The largest absolute Gasteiger partial charge is 0.356 e. The predicted molar refractivity (Wildman–Crippen MR) is 79.0 cm³/mol. The first-order chi connectivity index (χ1) is 8.99. The highest BCUT2D eigenvalue weighted by atomic mass is 16.1. The van der Waals surface area contributed by atoms with Gasteiger partial charge in [-0.25, -0.2) is 0 Å². The molecule has 0 saturated carbocycles. The minimum atomic E-state index is 0.123. The van der Waals surface area contributed by atoms with Gasteiger partial charge in [-0.15, -0.1) is 0 Å². The Bertz CT molecular complexity index is 283. The molecule has 19 heavy (non-hydrogen) atoms. The maximum absolute atomic E-state index is 11.8. The van der Waals surface area contributed by atoms with Crippen molar-refractivity contribution in [3.63, 3.8) is 0 Å². The molecule has 1 amide bonds. The smallest absolute Gasteiger partial charge is 0.221 e. The first-order valence-electron chi connectivity index (χ1n) is 7.36. The van der Waals surface area contributed by atoms with Gasteiger partial charge in [-0.05, 0) is 26.4 Å². The summed E-state index contributed by atoms with van der Waals surface area (Å²) in [5, 5.41) is 2.93. The summed E-state index contributed by atoms with van der Waals surface area (Å²) in [6, 6.07) is 0.733. The Hall–Kier alpha value is -0.650. The number of likely N-dealkylation sites (tertiary alicyclic amines) is 1. The van der Waals surface area contributed by atoms with Gasteiger partial charge in [0.1, 0.15) is 0 Å². The molecular weight excluding hydrogens is 240 g/mol. The van der Waals surface area contributed by atoms with E-state index in [1.165, 1.54) is 0 Å². The van der Waals surface area contributed by atoms with E-state index in [0.29, 0.717) is 24.9 Å². The number of nitrogens with two attached hydrogens (primary N) is 1. The first kappa shape index (κ1) is 16.4. The van der Waals surface area contributed by atoms with Crippen molar-refractivity contribution in [3.8, 4) is 0 Å². The van der Waals surface area contributed by atoms with Crippen molar-refractivity contribution in [2.75, 3.05) is 40.3 Å². The first-order valence-corrected chi connectivity index (χ1v) is 7.36. The third-order valence-electron chi connectivity index (χ3n) is 4.05. The monoisotopic (exact) mass is 270 g/mol. The lowest BCUT2D eigenvalue weighted by molar-refractivity contribution is -0.122. The van der Waals surface area contributed by atoms with Crippen LogP contribution in [0.2, 0.25) is 0 Å². The van der Waals surface area contributed by atoms with Gasteiger partial charge >= 0.3 is 0 Å². The third-order valence-corrected chi connectivity index (χ3v) is 4.05. The molecule has 1 aliphatic rings. The topological polar surface area (TPSA) is 61.6 Å². The second-order valence-corrected chi connectivity index (χ2v) is 5.91. The van der Waals surface area contributed by atoms with Crippen LogP contribution in [-0.4, -0.2) is 68.1 Å². The highest BCUT2D eigenvalue weighted by Crippen LogP contribution is 2.22. The van der Waals surface area contributed by atoms with E-state index in [1.807, 2.05) is 0 Å². The average molecular weight is 270 g/mol. The van der Waals surface area contributed by atoms with Crippen molar-refractivity contribution in [2.45, 2.75) is 38.8 Å². The second kappa shape index (κ2) is 7.82. The van der Waals surface area contributed by atoms with Crippen LogP contribution in [0.25, 0.3) is 0 Å². The molecule has 0 spiro atoms. The molecule has 0 aromatic rings. The molecule has 0 aromatic carbocycles. The number of carbonyl (C=O) groups excluding carboxylic acids is 1. The van der Waals surface area contributed by atoms with E-state index >= 15 is 0 Å². The number of hydrogen-bond donors (Lipinski definition) is 2. The Morgan fingerprint density at radius 1 is 1.47 bits per heavy atom. The van der Waals surface area contributed by atoms with E-state index in [2.05, 4.69) is 43.1 Å². The van der Waals surface area contributed by atoms with Crippen LogP contribution < -0.4 is 11.1 Å². The van der Waals surface area contributed by atoms with E-state index in [9.17, 15) is 4.79 Å². The molecule has 112 valence electrons. The summed E-state index contributed by atoms with van der Waals surface area (Å²) < 4.78 is 0. The lowest BCUT2D eigenvalue weighted by Crippen LogP contribution is -2.44. The Labute approximate surface area is 117 Å². The van der Waals surface area contributed by atoms with Crippen LogP contribution in [0.15, 0.2) is 0 Å². The van der Waals surface area contributed by atoms with Crippen molar-refractivity contribution < 1.29 is 4.79 Å². The average Bonchev–Trinajstić information content (AvgIpc) is 2.75. The molecule has 0 radical (unpaired) electrons. The van der Waals surface area contributed by atoms with Gasteiger partial charge in [0, 0.05) is 44.7 Å². The van der Waals surface area contributed by atoms with Gasteiger partial charge in [-0.2, -0.15) is 0 Å². The lowest BCUT2D eigenvalue weighted by Gasteiger charge is -2.27. The number of nitrogens with zero attached hydrogens (tertiary/aromatic N) is 2. The minimum absolute atomic E-state index is 0.123. The van der Waals surface area contributed by atoms with Crippen LogP contribution in [-0.2, 0) is 4.79 Å². The molecule has 1 fully saturated rings. The van der Waals surface area contributed by atoms with Gasteiger partial charge in [0.2, 0.25) is 5.91 Å². The molecule has 3 atom stereocenters. The highest BCUT2D eigenvalue weighted by molar-refractivity contribution is 5.76. The van der Waals surface area contributed by atoms with Crippen molar-refractivity contribution in [3.05, 3.63) is 0 Å². The number of hydrogen-bond acceptors (Lipinski definition) is 4. The number of nitrogens with one attached hydrogen (secondary N) is 1. The van der Waals surface area contributed by atoms with Gasteiger partial charge in [-0.3, -0.25) is 9.69 Å². The standard InChI is InChI=1S/C14H30N4O/c1-5-6-16-14(19)7-12(8-15)18-9-11(2)13(10-18)17(3)4/h11-13H,5-10,15H2,1-4H3,(H,16,19). The zero-order chi connectivity index (χ0) is 14.4. The number of amides is 1. The summed E-state index contributed by atoms with van der Waals surface area (Å²) in [5.41, 5.74) is 5.86. The van der Waals surface area contributed by atoms with Crippen LogP contribution in [0.1, 0.15) is 26.7 Å². The summed E-state index contributed by atoms with van der Waals surface area (Å²) in [6.45, 7) is 7.68. The van der Waals surface area contributed by atoms with E-state index in [-0.39, 0.29) is 11.9 Å². The van der Waals surface area contributed by atoms with Gasteiger partial charge in [0.25, 0.3) is 0 Å². The Balaban J connectivity index is 2.50. The maximum atomic E-state index is 11.8. The fourth-order valence-corrected chi connectivity index (χ4v) is 2.87. The third kappa shape index (κ3) is 4.75. The maximum Gasteiger partial charge on any atom is 0.221 e. The quantitative estimate of drug-likeness (QED) is 0.689. The van der Waals surface area contributed by atoms with Gasteiger partial charge in [0.15, 0.2) is 0 Å². The number of carbonyl (C=O) groups is 1. The van der Waals surface area contributed by atoms with Crippen LogP contribution in [0.3, 0.4) is 0 Å². The van der Waals surface area contributed by atoms with E-state index in [0.717, 1.165) is 26.1 Å². The molecule has 1 rings (SSSR count). The molecule has 3 N–H and O–H groups in total.